The van der Waals surface area contributed by atoms with Gasteiger partial charge in [0.1, 0.15) is 5.52 Å². The van der Waals surface area contributed by atoms with Gasteiger partial charge in [0.05, 0.1) is 6.42 Å². The van der Waals surface area contributed by atoms with E-state index >= 15 is 0 Å². The minimum atomic E-state index is 0.125. The van der Waals surface area contributed by atoms with E-state index in [9.17, 15) is 4.79 Å². The molecule has 2 heterocycles. The molecule has 0 N–H and O–H groups in total. The fourth-order valence-electron chi connectivity index (χ4n) is 2.57. The molecule has 3 aromatic rings. The van der Waals surface area contributed by atoms with Crippen LogP contribution in [0.5, 0.6) is 0 Å². The number of hydrogen-bond donors (Lipinski definition) is 0. The third-order valence-corrected chi connectivity index (χ3v) is 3.91. The first-order valence-electron chi connectivity index (χ1n) is 7.75. The average molecular weight is 309 g/mol. The molecule has 0 aliphatic rings. The summed E-state index contributed by atoms with van der Waals surface area (Å²) in [6.07, 6.45) is 6.19. The van der Waals surface area contributed by atoms with E-state index in [1.54, 1.807) is 12.4 Å². The van der Waals surface area contributed by atoms with Crippen molar-refractivity contribution in [2.24, 2.45) is 0 Å². The predicted octanol–water partition coefficient (Wildman–Crippen LogP) is 2.86. The van der Waals surface area contributed by atoms with Crippen LogP contribution in [-0.2, 0) is 17.6 Å². The Morgan fingerprint density at radius 1 is 1.17 bits per heavy atom. The molecule has 0 radical (unpaired) electrons. The van der Waals surface area contributed by atoms with Crippen molar-refractivity contribution in [2.45, 2.75) is 19.8 Å². The van der Waals surface area contributed by atoms with Gasteiger partial charge < -0.3 is 9.32 Å². The van der Waals surface area contributed by atoms with Gasteiger partial charge in [0, 0.05) is 25.5 Å². The van der Waals surface area contributed by atoms with Crippen LogP contribution in [0.3, 0.4) is 0 Å². The van der Waals surface area contributed by atoms with Crippen molar-refractivity contribution in [3.05, 3.63) is 60.2 Å². The largest absolute Gasteiger partial charge is 0.443 e. The number of carbonyl (C=O) groups is 1. The van der Waals surface area contributed by atoms with E-state index in [1.165, 1.54) is 12.0 Å². The highest BCUT2D eigenvalue weighted by atomic mass is 16.3. The van der Waals surface area contributed by atoms with Crippen LogP contribution in [0.2, 0.25) is 0 Å². The maximum Gasteiger partial charge on any atom is 0.226 e. The standard InChI is InChI=1S/C18H19N3O2/c1-2-21(10-7-14-5-8-19-9-6-14)18(22)12-15-3-4-16-17(11-15)23-13-20-16/h3-6,8-9,11,13H,2,7,10,12H2,1H3. The minimum absolute atomic E-state index is 0.125. The molecule has 0 aliphatic heterocycles. The number of hydrogen-bond acceptors (Lipinski definition) is 4. The van der Waals surface area contributed by atoms with E-state index in [0.717, 1.165) is 23.1 Å². The molecular weight excluding hydrogens is 290 g/mol. The molecule has 1 amide bonds. The van der Waals surface area contributed by atoms with E-state index in [2.05, 4.69) is 9.97 Å². The number of pyridine rings is 1. The van der Waals surface area contributed by atoms with Gasteiger partial charge in [0.2, 0.25) is 5.91 Å². The van der Waals surface area contributed by atoms with Crippen LogP contribution in [0.25, 0.3) is 11.1 Å². The summed E-state index contributed by atoms with van der Waals surface area (Å²) in [5.74, 6) is 0.125. The molecule has 0 atom stereocenters. The van der Waals surface area contributed by atoms with Gasteiger partial charge in [0.25, 0.3) is 0 Å². The number of oxazole rings is 1. The highest BCUT2D eigenvalue weighted by Gasteiger charge is 2.13. The fourth-order valence-corrected chi connectivity index (χ4v) is 2.57. The van der Waals surface area contributed by atoms with Crippen LogP contribution in [0.1, 0.15) is 18.1 Å². The third kappa shape index (κ3) is 3.74. The van der Waals surface area contributed by atoms with Crippen LogP contribution in [0, 0.1) is 0 Å². The third-order valence-electron chi connectivity index (χ3n) is 3.91. The second-order valence-electron chi connectivity index (χ2n) is 5.41. The van der Waals surface area contributed by atoms with Gasteiger partial charge in [-0.05, 0) is 48.7 Å². The smallest absolute Gasteiger partial charge is 0.226 e. The van der Waals surface area contributed by atoms with Crippen molar-refractivity contribution >= 4 is 17.0 Å². The SMILES string of the molecule is CCN(CCc1ccncc1)C(=O)Cc1ccc2ncoc2c1. The lowest BCUT2D eigenvalue weighted by atomic mass is 10.1. The molecule has 0 aliphatic carbocycles. The molecule has 23 heavy (non-hydrogen) atoms. The highest BCUT2D eigenvalue weighted by molar-refractivity contribution is 5.81. The summed E-state index contributed by atoms with van der Waals surface area (Å²) in [7, 11) is 0. The predicted molar refractivity (Wildman–Crippen MR) is 87.9 cm³/mol. The summed E-state index contributed by atoms with van der Waals surface area (Å²) in [6.45, 7) is 3.42. The molecule has 0 spiro atoms. The Bertz CT molecular complexity index is 783. The first-order chi connectivity index (χ1) is 11.3. The van der Waals surface area contributed by atoms with Gasteiger partial charge in [0.15, 0.2) is 12.0 Å². The molecule has 0 saturated carbocycles. The Kier molecular flexibility index (Phi) is 4.66. The molecule has 0 unspecified atom stereocenters. The normalized spacial score (nSPS) is 10.8. The summed E-state index contributed by atoms with van der Waals surface area (Å²) in [4.78, 5) is 22.5. The zero-order valence-corrected chi connectivity index (χ0v) is 13.1. The molecule has 5 nitrogen and oxygen atoms in total. The zero-order chi connectivity index (χ0) is 16.1. The monoisotopic (exact) mass is 309 g/mol. The van der Waals surface area contributed by atoms with Gasteiger partial charge >= 0.3 is 0 Å². The summed E-state index contributed by atoms with van der Waals surface area (Å²) in [6, 6.07) is 9.66. The van der Waals surface area contributed by atoms with Crippen molar-refractivity contribution in [2.75, 3.05) is 13.1 Å². The maximum absolute atomic E-state index is 12.5. The van der Waals surface area contributed by atoms with Gasteiger partial charge in [-0.2, -0.15) is 0 Å². The second-order valence-corrected chi connectivity index (χ2v) is 5.41. The van der Waals surface area contributed by atoms with Crippen LogP contribution in [-0.4, -0.2) is 33.9 Å². The number of likely N-dealkylation sites (N-methyl/N-ethyl adjacent to an activating group) is 1. The molecule has 3 rings (SSSR count). The Morgan fingerprint density at radius 2 is 2.00 bits per heavy atom. The number of benzene rings is 1. The van der Waals surface area contributed by atoms with E-state index in [1.807, 2.05) is 42.2 Å². The zero-order valence-electron chi connectivity index (χ0n) is 13.1. The number of fused-ring (bicyclic) bond motifs is 1. The fraction of sp³-hybridized carbons (Fsp3) is 0.278. The summed E-state index contributed by atoms with van der Waals surface area (Å²) in [5.41, 5.74) is 3.66. The Labute approximate surface area is 135 Å². The van der Waals surface area contributed by atoms with Crippen LogP contribution in [0.4, 0.5) is 0 Å². The van der Waals surface area contributed by atoms with E-state index in [-0.39, 0.29) is 5.91 Å². The molecule has 1 aromatic carbocycles. The molecular formula is C18H19N3O2. The average Bonchev–Trinajstić information content (AvgIpc) is 3.04. The Balaban J connectivity index is 1.62. The van der Waals surface area contributed by atoms with E-state index < -0.39 is 0 Å². The van der Waals surface area contributed by atoms with Crippen LogP contribution < -0.4 is 0 Å². The highest BCUT2D eigenvalue weighted by Crippen LogP contribution is 2.15. The first-order valence-corrected chi connectivity index (χ1v) is 7.75. The van der Waals surface area contributed by atoms with E-state index in [0.29, 0.717) is 19.5 Å². The van der Waals surface area contributed by atoms with Crippen molar-refractivity contribution in [1.29, 1.82) is 0 Å². The van der Waals surface area contributed by atoms with Gasteiger partial charge in [-0.25, -0.2) is 4.98 Å². The van der Waals surface area contributed by atoms with Gasteiger partial charge in [-0.15, -0.1) is 0 Å². The number of nitrogens with zero attached hydrogens (tertiary/aromatic N) is 3. The number of carbonyl (C=O) groups excluding carboxylic acids is 1. The molecule has 0 fully saturated rings. The number of rotatable bonds is 6. The summed E-state index contributed by atoms with van der Waals surface area (Å²) >= 11 is 0. The van der Waals surface area contributed by atoms with Crippen molar-refractivity contribution in [3.8, 4) is 0 Å². The molecule has 5 heteroatoms. The lowest BCUT2D eigenvalue weighted by Gasteiger charge is -2.21. The topological polar surface area (TPSA) is 59.2 Å². The first kappa shape index (κ1) is 15.2. The molecule has 2 aromatic heterocycles. The van der Waals surface area contributed by atoms with Gasteiger partial charge in [-0.3, -0.25) is 9.78 Å². The second kappa shape index (κ2) is 7.05. The van der Waals surface area contributed by atoms with Crippen LogP contribution >= 0.6 is 0 Å². The van der Waals surface area contributed by atoms with Crippen molar-refractivity contribution in [1.82, 2.24) is 14.9 Å². The Morgan fingerprint density at radius 3 is 2.78 bits per heavy atom. The lowest BCUT2D eigenvalue weighted by Crippen LogP contribution is -2.33. The summed E-state index contributed by atoms with van der Waals surface area (Å²) < 4.78 is 5.29. The number of amides is 1. The lowest BCUT2D eigenvalue weighted by molar-refractivity contribution is -0.130. The minimum Gasteiger partial charge on any atom is -0.443 e. The number of aromatic nitrogens is 2. The van der Waals surface area contributed by atoms with Crippen molar-refractivity contribution in [3.63, 3.8) is 0 Å². The molecule has 0 bridgehead atoms. The summed E-state index contributed by atoms with van der Waals surface area (Å²) in [5, 5.41) is 0. The quantitative estimate of drug-likeness (QED) is 0.702. The van der Waals surface area contributed by atoms with Gasteiger partial charge in [-0.1, -0.05) is 6.07 Å². The molecule has 118 valence electrons. The van der Waals surface area contributed by atoms with Crippen LogP contribution in [0.15, 0.2) is 53.5 Å². The molecule has 0 saturated heterocycles. The van der Waals surface area contributed by atoms with Crippen molar-refractivity contribution < 1.29 is 9.21 Å². The van der Waals surface area contributed by atoms with E-state index in [4.69, 9.17) is 4.42 Å². The maximum atomic E-state index is 12.5. The Hall–Kier alpha value is -2.69.